The number of aliphatic hydroxyl groups is 3. The molecule has 2 fully saturated rings. The molecule has 2 heterocycles. The maximum absolute atomic E-state index is 9.57. The summed E-state index contributed by atoms with van der Waals surface area (Å²) >= 11 is 0. The fraction of sp³-hybridized carbons (Fsp3) is 1.00. The molecule has 2 rings (SSSR count). The van der Waals surface area contributed by atoms with Crippen molar-refractivity contribution in [2.45, 2.75) is 43.5 Å². The van der Waals surface area contributed by atoms with Gasteiger partial charge in [0.2, 0.25) is 0 Å². The van der Waals surface area contributed by atoms with E-state index in [0.717, 1.165) is 0 Å². The standard InChI is InChI=1S/C8H14O5/c1-8(11)2-4-7(13-8)6(10)5(3-9)12-4/h4-7,9-11H,2-3H2,1H3/t4?,5-,6-,7-,8?/m1/s1. The Bertz CT molecular complexity index is 205. The largest absolute Gasteiger partial charge is 0.394 e. The van der Waals surface area contributed by atoms with Crippen LogP contribution in [0.25, 0.3) is 0 Å². The summed E-state index contributed by atoms with van der Waals surface area (Å²) in [5.41, 5.74) is 0. The van der Waals surface area contributed by atoms with Crippen LogP contribution in [-0.2, 0) is 9.47 Å². The van der Waals surface area contributed by atoms with Crippen LogP contribution in [0.15, 0.2) is 0 Å². The van der Waals surface area contributed by atoms with Gasteiger partial charge in [-0.1, -0.05) is 0 Å². The summed E-state index contributed by atoms with van der Waals surface area (Å²) in [6.07, 6.45) is -1.89. The van der Waals surface area contributed by atoms with Crippen molar-refractivity contribution in [1.29, 1.82) is 0 Å². The van der Waals surface area contributed by atoms with Crippen LogP contribution in [0.2, 0.25) is 0 Å². The number of rotatable bonds is 1. The molecule has 0 amide bonds. The molecule has 13 heavy (non-hydrogen) atoms. The van der Waals surface area contributed by atoms with Crippen LogP contribution in [0.4, 0.5) is 0 Å². The van der Waals surface area contributed by atoms with Gasteiger partial charge in [-0.25, -0.2) is 0 Å². The molecule has 2 aliphatic heterocycles. The zero-order valence-electron chi connectivity index (χ0n) is 7.38. The fourth-order valence-corrected chi connectivity index (χ4v) is 1.99. The van der Waals surface area contributed by atoms with E-state index in [0.29, 0.717) is 6.42 Å². The minimum absolute atomic E-state index is 0.223. The van der Waals surface area contributed by atoms with Gasteiger partial charge >= 0.3 is 0 Å². The summed E-state index contributed by atoms with van der Waals surface area (Å²) in [6, 6.07) is 0. The van der Waals surface area contributed by atoms with Gasteiger partial charge in [0, 0.05) is 6.42 Å². The predicted molar refractivity (Wildman–Crippen MR) is 41.9 cm³/mol. The average Bonchev–Trinajstić information content (AvgIpc) is 2.47. The molecule has 5 heteroatoms. The summed E-state index contributed by atoms with van der Waals surface area (Å²) in [6.45, 7) is 1.31. The number of ether oxygens (including phenoxy) is 2. The van der Waals surface area contributed by atoms with Crippen LogP contribution in [0.1, 0.15) is 13.3 Å². The smallest absolute Gasteiger partial charge is 0.165 e. The van der Waals surface area contributed by atoms with Crippen molar-refractivity contribution in [1.82, 2.24) is 0 Å². The molecule has 5 atom stereocenters. The van der Waals surface area contributed by atoms with E-state index in [-0.39, 0.29) is 12.7 Å². The van der Waals surface area contributed by atoms with Crippen molar-refractivity contribution in [3.05, 3.63) is 0 Å². The minimum atomic E-state index is -1.21. The molecule has 0 aromatic heterocycles. The second-order valence-corrected chi connectivity index (χ2v) is 3.85. The van der Waals surface area contributed by atoms with Crippen LogP contribution in [0, 0.1) is 0 Å². The van der Waals surface area contributed by atoms with Gasteiger partial charge in [0.05, 0.1) is 12.7 Å². The molecule has 2 saturated heterocycles. The van der Waals surface area contributed by atoms with E-state index in [1.807, 2.05) is 0 Å². The molecule has 5 nitrogen and oxygen atoms in total. The lowest BCUT2D eigenvalue weighted by molar-refractivity contribution is -0.197. The molecule has 2 unspecified atom stereocenters. The van der Waals surface area contributed by atoms with Crippen LogP contribution < -0.4 is 0 Å². The van der Waals surface area contributed by atoms with E-state index in [1.54, 1.807) is 0 Å². The molecule has 0 spiro atoms. The Balaban J connectivity index is 2.07. The van der Waals surface area contributed by atoms with E-state index < -0.39 is 24.1 Å². The maximum atomic E-state index is 9.57. The molecule has 2 aliphatic rings. The maximum Gasteiger partial charge on any atom is 0.165 e. The van der Waals surface area contributed by atoms with Crippen molar-refractivity contribution in [2.24, 2.45) is 0 Å². The van der Waals surface area contributed by atoms with Crippen LogP contribution >= 0.6 is 0 Å². The van der Waals surface area contributed by atoms with E-state index in [1.165, 1.54) is 6.92 Å². The molecule has 0 bridgehead atoms. The first-order valence-electron chi connectivity index (χ1n) is 4.38. The van der Waals surface area contributed by atoms with E-state index in [9.17, 15) is 10.2 Å². The molecule has 0 radical (unpaired) electrons. The van der Waals surface area contributed by atoms with Gasteiger partial charge in [-0.2, -0.15) is 0 Å². The summed E-state index contributed by atoms with van der Waals surface area (Å²) in [7, 11) is 0. The van der Waals surface area contributed by atoms with Gasteiger partial charge in [0.15, 0.2) is 5.79 Å². The third-order valence-corrected chi connectivity index (χ3v) is 2.58. The van der Waals surface area contributed by atoms with Crippen molar-refractivity contribution in [3.63, 3.8) is 0 Å². The Morgan fingerprint density at radius 3 is 2.77 bits per heavy atom. The first-order valence-corrected chi connectivity index (χ1v) is 4.38. The van der Waals surface area contributed by atoms with E-state index in [2.05, 4.69) is 0 Å². The highest BCUT2D eigenvalue weighted by molar-refractivity contribution is 4.98. The van der Waals surface area contributed by atoms with Gasteiger partial charge < -0.3 is 24.8 Å². The lowest BCUT2D eigenvalue weighted by Gasteiger charge is -2.21. The normalized spacial score (nSPS) is 55.4. The monoisotopic (exact) mass is 190 g/mol. The first-order chi connectivity index (χ1) is 6.03. The fourth-order valence-electron chi connectivity index (χ4n) is 1.99. The summed E-state index contributed by atoms with van der Waals surface area (Å²) in [5.74, 6) is -1.21. The van der Waals surface area contributed by atoms with Gasteiger partial charge in [0.1, 0.15) is 18.3 Å². The third kappa shape index (κ3) is 1.47. The molecule has 76 valence electrons. The Labute approximate surface area is 75.9 Å². The molecule has 0 aliphatic carbocycles. The molecule has 0 saturated carbocycles. The second-order valence-electron chi connectivity index (χ2n) is 3.85. The highest BCUT2D eigenvalue weighted by Crippen LogP contribution is 2.38. The topological polar surface area (TPSA) is 79.2 Å². The average molecular weight is 190 g/mol. The molecular weight excluding hydrogens is 176 g/mol. The lowest BCUT2D eigenvalue weighted by Crippen LogP contribution is -2.36. The Hall–Kier alpha value is -0.200. The van der Waals surface area contributed by atoms with Crippen LogP contribution in [-0.4, -0.2) is 52.1 Å². The number of hydrogen-bond donors (Lipinski definition) is 3. The van der Waals surface area contributed by atoms with Gasteiger partial charge in [-0.3, -0.25) is 0 Å². The van der Waals surface area contributed by atoms with Crippen molar-refractivity contribution in [3.8, 4) is 0 Å². The predicted octanol–water partition coefficient (Wildman–Crippen LogP) is -1.40. The third-order valence-electron chi connectivity index (χ3n) is 2.58. The summed E-state index contributed by atoms with van der Waals surface area (Å²) in [4.78, 5) is 0. The van der Waals surface area contributed by atoms with Crippen LogP contribution in [0.3, 0.4) is 0 Å². The zero-order chi connectivity index (χ0) is 9.64. The molecule has 0 aromatic rings. The van der Waals surface area contributed by atoms with Crippen molar-refractivity contribution in [2.75, 3.05) is 6.61 Å². The van der Waals surface area contributed by atoms with E-state index >= 15 is 0 Å². The van der Waals surface area contributed by atoms with E-state index in [4.69, 9.17) is 14.6 Å². The van der Waals surface area contributed by atoms with Gasteiger partial charge in [-0.15, -0.1) is 0 Å². The molecule has 0 aromatic carbocycles. The number of fused-ring (bicyclic) bond motifs is 1. The quantitative estimate of drug-likeness (QED) is 0.474. The highest BCUT2D eigenvalue weighted by atomic mass is 16.7. The Morgan fingerprint density at radius 2 is 2.23 bits per heavy atom. The second kappa shape index (κ2) is 2.90. The summed E-state index contributed by atoms with van der Waals surface area (Å²) < 4.78 is 10.5. The summed E-state index contributed by atoms with van der Waals surface area (Å²) in [5, 5.41) is 27.9. The molecule has 3 N–H and O–H groups in total. The van der Waals surface area contributed by atoms with Crippen molar-refractivity contribution < 1.29 is 24.8 Å². The van der Waals surface area contributed by atoms with Gasteiger partial charge in [-0.05, 0) is 6.92 Å². The number of hydrogen-bond acceptors (Lipinski definition) is 5. The van der Waals surface area contributed by atoms with Crippen molar-refractivity contribution >= 4 is 0 Å². The highest BCUT2D eigenvalue weighted by Gasteiger charge is 2.53. The van der Waals surface area contributed by atoms with Crippen LogP contribution in [0.5, 0.6) is 0 Å². The SMILES string of the molecule is CC1(O)CC2O[C@H](CO)[C@@H](O)[C@@H]2O1. The lowest BCUT2D eigenvalue weighted by atomic mass is 10.1. The first kappa shape index (κ1) is 9.36. The minimum Gasteiger partial charge on any atom is -0.394 e. The molecular formula is C8H14O5. The van der Waals surface area contributed by atoms with Gasteiger partial charge in [0.25, 0.3) is 0 Å². The number of aliphatic hydroxyl groups excluding tert-OH is 2. The Morgan fingerprint density at radius 1 is 1.54 bits per heavy atom. The zero-order valence-corrected chi connectivity index (χ0v) is 7.38. The Kier molecular flexibility index (Phi) is 2.08.